The van der Waals surface area contributed by atoms with E-state index in [9.17, 15) is 0 Å². The summed E-state index contributed by atoms with van der Waals surface area (Å²) in [7, 11) is 0. The van der Waals surface area contributed by atoms with Crippen molar-refractivity contribution in [3.8, 4) is 0 Å². The zero-order valence-corrected chi connectivity index (χ0v) is 13.1. The lowest BCUT2D eigenvalue weighted by molar-refractivity contribution is 0.535. The summed E-state index contributed by atoms with van der Waals surface area (Å²) in [5.41, 5.74) is 9.34. The molecule has 20 heavy (non-hydrogen) atoms. The Morgan fingerprint density at radius 1 is 1.30 bits per heavy atom. The van der Waals surface area contributed by atoms with E-state index in [1.807, 2.05) is 9.36 Å². The number of rotatable bonds is 6. The lowest BCUT2D eigenvalue weighted by atomic mass is 10.1. The Hall–Kier alpha value is -1.33. The largest absolute Gasteiger partial charge is 0.318 e. The van der Waals surface area contributed by atoms with Crippen molar-refractivity contribution >= 4 is 11.6 Å². The maximum Gasteiger partial charge on any atom is 0.0909 e. The van der Waals surface area contributed by atoms with E-state index in [1.54, 1.807) is 6.20 Å². The second-order valence-electron chi connectivity index (χ2n) is 4.81. The van der Waals surface area contributed by atoms with Crippen LogP contribution in [0.3, 0.4) is 0 Å². The molecule has 6 heteroatoms. The normalized spacial score (nSPS) is 12.8. The molecule has 0 radical (unpaired) electrons. The molecule has 0 saturated heterocycles. The standard InChI is InChI=1S/C14H22ClN5/c1-4-7-20-14(11(15)9-17-20)13(16)12-8-10(5-2)18-19(12)6-3/h8-9,13H,4-7,16H2,1-3H3. The molecule has 0 amide bonds. The Kier molecular flexibility index (Phi) is 4.83. The van der Waals surface area contributed by atoms with Crippen molar-refractivity contribution in [3.63, 3.8) is 0 Å². The van der Waals surface area contributed by atoms with Gasteiger partial charge in [0.2, 0.25) is 0 Å². The van der Waals surface area contributed by atoms with Gasteiger partial charge in [0.1, 0.15) is 0 Å². The highest BCUT2D eigenvalue weighted by Gasteiger charge is 2.22. The number of nitrogens with two attached hydrogens (primary N) is 1. The van der Waals surface area contributed by atoms with Crippen LogP contribution >= 0.6 is 11.6 Å². The van der Waals surface area contributed by atoms with E-state index in [-0.39, 0.29) is 6.04 Å². The zero-order chi connectivity index (χ0) is 14.7. The second kappa shape index (κ2) is 6.41. The summed E-state index contributed by atoms with van der Waals surface area (Å²) >= 11 is 6.27. The summed E-state index contributed by atoms with van der Waals surface area (Å²) < 4.78 is 3.84. The summed E-state index contributed by atoms with van der Waals surface area (Å²) in [6, 6.07) is 1.76. The fourth-order valence-corrected chi connectivity index (χ4v) is 2.63. The Morgan fingerprint density at radius 2 is 2.05 bits per heavy atom. The van der Waals surface area contributed by atoms with Gasteiger partial charge in [-0.25, -0.2) is 0 Å². The first-order chi connectivity index (χ1) is 9.62. The van der Waals surface area contributed by atoms with Gasteiger partial charge in [-0.15, -0.1) is 0 Å². The molecular formula is C14H22ClN5. The lowest BCUT2D eigenvalue weighted by Crippen LogP contribution is -2.21. The third-order valence-corrected chi connectivity index (χ3v) is 3.70. The molecule has 2 heterocycles. The number of hydrogen-bond donors (Lipinski definition) is 1. The molecule has 0 bridgehead atoms. The van der Waals surface area contributed by atoms with Crippen LogP contribution in [-0.4, -0.2) is 19.6 Å². The SMILES string of the molecule is CCCn1ncc(Cl)c1C(N)c1cc(CC)nn1CC. The topological polar surface area (TPSA) is 61.7 Å². The molecular weight excluding hydrogens is 274 g/mol. The van der Waals surface area contributed by atoms with Crippen LogP contribution in [0, 0.1) is 0 Å². The van der Waals surface area contributed by atoms with Gasteiger partial charge in [-0.1, -0.05) is 25.4 Å². The molecule has 0 saturated carbocycles. The molecule has 0 aliphatic carbocycles. The van der Waals surface area contributed by atoms with Crippen LogP contribution in [0.4, 0.5) is 0 Å². The molecule has 5 nitrogen and oxygen atoms in total. The molecule has 1 atom stereocenters. The van der Waals surface area contributed by atoms with Gasteiger partial charge in [0.15, 0.2) is 0 Å². The first-order valence-corrected chi connectivity index (χ1v) is 7.53. The predicted molar refractivity (Wildman–Crippen MR) is 80.8 cm³/mol. The van der Waals surface area contributed by atoms with Crippen LogP contribution in [0.25, 0.3) is 0 Å². The van der Waals surface area contributed by atoms with Gasteiger partial charge >= 0.3 is 0 Å². The Bertz CT molecular complexity index is 572. The number of halogens is 1. The van der Waals surface area contributed by atoms with E-state index in [4.69, 9.17) is 17.3 Å². The Balaban J connectivity index is 2.42. The average Bonchev–Trinajstić information content (AvgIpc) is 3.02. The fraction of sp³-hybridized carbons (Fsp3) is 0.571. The smallest absolute Gasteiger partial charge is 0.0909 e. The number of hydrogen-bond acceptors (Lipinski definition) is 3. The van der Waals surface area contributed by atoms with Crippen molar-refractivity contribution in [1.82, 2.24) is 19.6 Å². The predicted octanol–water partition coefficient (Wildman–Crippen LogP) is 2.77. The Labute approximate surface area is 124 Å². The zero-order valence-electron chi connectivity index (χ0n) is 12.3. The van der Waals surface area contributed by atoms with Crippen molar-refractivity contribution in [3.05, 3.63) is 34.4 Å². The number of nitrogens with zero attached hydrogens (tertiary/aromatic N) is 4. The molecule has 110 valence electrons. The maximum absolute atomic E-state index is 6.43. The van der Waals surface area contributed by atoms with E-state index >= 15 is 0 Å². The third-order valence-electron chi connectivity index (χ3n) is 3.41. The van der Waals surface area contributed by atoms with Crippen LogP contribution in [0.5, 0.6) is 0 Å². The molecule has 0 aliphatic rings. The van der Waals surface area contributed by atoms with Crippen LogP contribution in [-0.2, 0) is 19.5 Å². The molecule has 2 aromatic rings. The highest BCUT2D eigenvalue weighted by molar-refractivity contribution is 6.31. The molecule has 2 N–H and O–H groups in total. The number of aryl methyl sites for hydroxylation is 3. The van der Waals surface area contributed by atoms with Crippen LogP contribution in [0.2, 0.25) is 5.02 Å². The molecule has 2 rings (SSSR count). The van der Waals surface area contributed by atoms with Crippen LogP contribution in [0.15, 0.2) is 12.3 Å². The minimum atomic E-state index is -0.302. The van der Waals surface area contributed by atoms with Crippen molar-refractivity contribution in [2.75, 3.05) is 0 Å². The molecule has 0 spiro atoms. The van der Waals surface area contributed by atoms with Crippen molar-refractivity contribution < 1.29 is 0 Å². The van der Waals surface area contributed by atoms with E-state index in [1.165, 1.54) is 0 Å². The van der Waals surface area contributed by atoms with Gasteiger partial charge in [0, 0.05) is 13.1 Å². The highest BCUT2D eigenvalue weighted by atomic mass is 35.5. The first-order valence-electron chi connectivity index (χ1n) is 7.15. The second-order valence-corrected chi connectivity index (χ2v) is 5.22. The van der Waals surface area contributed by atoms with E-state index in [0.29, 0.717) is 5.02 Å². The van der Waals surface area contributed by atoms with Crippen LogP contribution in [0.1, 0.15) is 50.3 Å². The third kappa shape index (κ3) is 2.74. The molecule has 0 aliphatic heterocycles. The van der Waals surface area contributed by atoms with Gasteiger partial charge in [-0.05, 0) is 25.8 Å². The van der Waals surface area contributed by atoms with Crippen molar-refractivity contribution in [1.29, 1.82) is 0 Å². The summed E-state index contributed by atoms with van der Waals surface area (Å²) in [4.78, 5) is 0. The lowest BCUT2D eigenvalue weighted by Gasteiger charge is -2.16. The van der Waals surface area contributed by atoms with Gasteiger partial charge in [0.05, 0.1) is 34.3 Å². The molecule has 0 aromatic carbocycles. The fourth-order valence-electron chi connectivity index (χ4n) is 2.37. The minimum absolute atomic E-state index is 0.302. The van der Waals surface area contributed by atoms with Crippen LogP contribution < -0.4 is 5.73 Å². The van der Waals surface area contributed by atoms with E-state index in [0.717, 1.165) is 43.0 Å². The van der Waals surface area contributed by atoms with Gasteiger partial charge < -0.3 is 5.73 Å². The summed E-state index contributed by atoms with van der Waals surface area (Å²) in [5, 5.41) is 9.48. The van der Waals surface area contributed by atoms with Gasteiger partial charge in [-0.2, -0.15) is 10.2 Å². The summed E-state index contributed by atoms with van der Waals surface area (Å²) in [5.74, 6) is 0. The highest BCUT2D eigenvalue weighted by Crippen LogP contribution is 2.27. The molecule has 2 aromatic heterocycles. The first kappa shape index (κ1) is 15.1. The van der Waals surface area contributed by atoms with Gasteiger partial charge in [0.25, 0.3) is 0 Å². The summed E-state index contributed by atoms with van der Waals surface area (Å²) in [6.07, 6.45) is 3.56. The average molecular weight is 296 g/mol. The monoisotopic (exact) mass is 295 g/mol. The maximum atomic E-state index is 6.43. The van der Waals surface area contributed by atoms with Crippen molar-refractivity contribution in [2.45, 2.75) is 52.7 Å². The summed E-state index contributed by atoms with van der Waals surface area (Å²) in [6.45, 7) is 7.87. The quantitative estimate of drug-likeness (QED) is 0.891. The van der Waals surface area contributed by atoms with Crippen molar-refractivity contribution in [2.24, 2.45) is 5.73 Å². The molecule has 0 fully saturated rings. The minimum Gasteiger partial charge on any atom is -0.318 e. The number of aromatic nitrogens is 4. The Morgan fingerprint density at radius 3 is 2.65 bits per heavy atom. The van der Waals surface area contributed by atoms with Gasteiger partial charge in [-0.3, -0.25) is 9.36 Å². The van der Waals surface area contributed by atoms with E-state index in [2.05, 4.69) is 37.0 Å². The molecule has 1 unspecified atom stereocenters. The van der Waals surface area contributed by atoms with E-state index < -0.39 is 0 Å².